The molecule has 0 aliphatic heterocycles. The molecule has 5 nitrogen and oxygen atoms in total. The predicted molar refractivity (Wildman–Crippen MR) is 90.5 cm³/mol. The number of carbonyl (C=O) groups excluding carboxylic acids is 1. The van der Waals surface area contributed by atoms with Gasteiger partial charge in [0.1, 0.15) is 15.6 Å². The van der Waals surface area contributed by atoms with Gasteiger partial charge < -0.3 is 21.1 Å². The van der Waals surface area contributed by atoms with Crippen molar-refractivity contribution in [3.05, 3.63) is 4.88 Å². The summed E-state index contributed by atoms with van der Waals surface area (Å²) in [7, 11) is 3.18. The van der Waals surface area contributed by atoms with Gasteiger partial charge in [-0.3, -0.25) is 4.79 Å². The number of nitrogens with one attached hydrogen (secondary N) is 2. The second-order valence-corrected chi connectivity index (χ2v) is 6.08. The van der Waals surface area contributed by atoms with Crippen molar-refractivity contribution in [2.45, 2.75) is 52.0 Å². The van der Waals surface area contributed by atoms with E-state index in [9.17, 15) is 4.79 Å². The molecular formula is C15H27N3O2S. The first kappa shape index (κ1) is 17.6. The van der Waals surface area contributed by atoms with Gasteiger partial charge in [-0.1, -0.05) is 33.1 Å². The van der Waals surface area contributed by atoms with Crippen molar-refractivity contribution in [2.24, 2.45) is 0 Å². The first-order valence-corrected chi connectivity index (χ1v) is 8.35. The molecule has 0 saturated heterocycles. The molecule has 1 rings (SSSR count). The van der Waals surface area contributed by atoms with Crippen LogP contribution in [-0.4, -0.2) is 26.1 Å². The molecule has 1 aromatic rings. The van der Waals surface area contributed by atoms with Gasteiger partial charge >= 0.3 is 0 Å². The average Bonchev–Trinajstić information content (AvgIpc) is 2.80. The summed E-state index contributed by atoms with van der Waals surface area (Å²) in [5, 5.41) is 6.97. The Kier molecular flexibility index (Phi) is 7.36. The van der Waals surface area contributed by atoms with Gasteiger partial charge in [0.2, 0.25) is 0 Å². The Morgan fingerprint density at radius 3 is 2.57 bits per heavy atom. The zero-order chi connectivity index (χ0) is 15.8. The van der Waals surface area contributed by atoms with Gasteiger partial charge in [-0.2, -0.15) is 0 Å². The number of nitrogens with two attached hydrogens (primary N) is 1. The number of rotatable bonds is 9. The molecule has 6 heteroatoms. The Balaban J connectivity index is 2.96. The van der Waals surface area contributed by atoms with Crippen LogP contribution in [0.1, 0.15) is 55.6 Å². The van der Waals surface area contributed by atoms with E-state index in [0.29, 0.717) is 22.4 Å². The highest BCUT2D eigenvalue weighted by Gasteiger charge is 2.22. The third-order valence-electron chi connectivity index (χ3n) is 3.42. The van der Waals surface area contributed by atoms with Crippen LogP contribution < -0.4 is 21.1 Å². The van der Waals surface area contributed by atoms with Crippen molar-refractivity contribution >= 4 is 27.9 Å². The average molecular weight is 313 g/mol. The molecule has 0 radical (unpaired) electrons. The molecule has 0 bridgehead atoms. The molecule has 1 amide bonds. The third-order valence-corrected chi connectivity index (χ3v) is 4.53. The second kappa shape index (κ2) is 8.77. The van der Waals surface area contributed by atoms with E-state index in [-0.39, 0.29) is 5.91 Å². The van der Waals surface area contributed by atoms with Crippen LogP contribution in [0, 0.1) is 0 Å². The molecule has 1 atom stereocenters. The van der Waals surface area contributed by atoms with Crippen LogP contribution in [0.4, 0.5) is 10.7 Å². The SMILES string of the molecule is CCCCC(CCC)Nc1sc(C(=O)NC)c(N)c1OC. The molecule has 0 aliphatic rings. The number of hydrogen-bond donors (Lipinski definition) is 3. The summed E-state index contributed by atoms with van der Waals surface area (Å²) in [6.45, 7) is 4.37. The van der Waals surface area contributed by atoms with Crippen molar-refractivity contribution < 1.29 is 9.53 Å². The van der Waals surface area contributed by atoms with E-state index in [1.807, 2.05) is 0 Å². The second-order valence-electron chi connectivity index (χ2n) is 5.06. The summed E-state index contributed by atoms with van der Waals surface area (Å²) in [5.74, 6) is 0.403. The topological polar surface area (TPSA) is 76.4 Å². The fourth-order valence-electron chi connectivity index (χ4n) is 2.28. The highest BCUT2D eigenvalue weighted by atomic mass is 32.1. The molecule has 4 N–H and O–H groups in total. The molecule has 0 aliphatic carbocycles. The van der Waals surface area contributed by atoms with Gasteiger partial charge in [0.25, 0.3) is 5.91 Å². The van der Waals surface area contributed by atoms with Gasteiger partial charge in [-0.25, -0.2) is 0 Å². The fourth-order valence-corrected chi connectivity index (χ4v) is 3.39. The molecule has 0 fully saturated rings. The van der Waals surface area contributed by atoms with Crippen LogP contribution in [0.2, 0.25) is 0 Å². The van der Waals surface area contributed by atoms with E-state index in [4.69, 9.17) is 10.5 Å². The molecule has 0 saturated carbocycles. The van der Waals surface area contributed by atoms with Crippen molar-refractivity contribution in [1.29, 1.82) is 0 Å². The van der Waals surface area contributed by atoms with Gasteiger partial charge in [-0.15, -0.1) is 11.3 Å². The minimum atomic E-state index is -0.176. The number of hydrogen-bond acceptors (Lipinski definition) is 5. The summed E-state index contributed by atoms with van der Waals surface area (Å²) in [6, 6.07) is 0.388. The Labute approximate surface area is 131 Å². The molecule has 1 aromatic heterocycles. The van der Waals surface area contributed by atoms with Crippen LogP contribution in [-0.2, 0) is 0 Å². The van der Waals surface area contributed by atoms with Crippen LogP contribution >= 0.6 is 11.3 Å². The van der Waals surface area contributed by atoms with Gasteiger partial charge in [0, 0.05) is 13.1 Å². The number of thiophene rings is 1. The zero-order valence-electron chi connectivity index (χ0n) is 13.4. The molecule has 0 spiro atoms. The lowest BCUT2D eigenvalue weighted by Crippen LogP contribution is -2.18. The minimum absolute atomic E-state index is 0.176. The summed E-state index contributed by atoms with van der Waals surface area (Å²) in [5.41, 5.74) is 6.44. The van der Waals surface area contributed by atoms with E-state index in [1.165, 1.54) is 24.2 Å². The lowest BCUT2D eigenvalue weighted by molar-refractivity contribution is 0.0967. The largest absolute Gasteiger partial charge is 0.492 e. The van der Waals surface area contributed by atoms with E-state index >= 15 is 0 Å². The highest BCUT2D eigenvalue weighted by molar-refractivity contribution is 7.19. The number of anilines is 2. The van der Waals surface area contributed by atoms with E-state index < -0.39 is 0 Å². The molecule has 0 aromatic carbocycles. The van der Waals surface area contributed by atoms with Crippen molar-refractivity contribution in [3.63, 3.8) is 0 Å². The lowest BCUT2D eigenvalue weighted by Gasteiger charge is -2.18. The van der Waals surface area contributed by atoms with Crippen LogP contribution in [0.3, 0.4) is 0 Å². The number of amides is 1. The van der Waals surface area contributed by atoms with Crippen molar-refractivity contribution in [2.75, 3.05) is 25.2 Å². The Morgan fingerprint density at radius 2 is 2.05 bits per heavy atom. The summed E-state index contributed by atoms with van der Waals surface area (Å²) < 4.78 is 5.38. The maximum Gasteiger partial charge on any atom is 0.263 e. The van der Waals surface area contributed by atoms with Crippen LogP contribution in [0.5, 0.6) is 5.75 Å². The predicted octanol–water partition coefficient (Wildman–Crippen LogP) is 3.47. The summed E-state index contributed by atoms with van der Waals surface area (Å²) in [6.07, 6.45) is 5.68. The molecular weight excluding hydrogens is 286 g/mol. The van der Waals surface area contributed by atoms with Gasteiger partial charge in [0.15, 0.2) is 5.75 Å². The molecule has 1 unspecified atom stereocenters. The molecule has 21 heavy (non-hydrogen) atoms. The number of nitrogen functional groups attached to an aromatic ring is 1. The fraction of sp³-hybridized carbons (Fsp3) is 0.667. The zero-order valence-corrected chi connectivity index (χ0v) is 14.2. The van der Waals surface area contributed by atoms with Crippen LogP contribution in [0.15, 0.2) is 0 Å². The minimum Gasteiger partial charge on any atom is -0.492 e. The normalized spacial score (nSPS) is 12.0. The molecule has 120 valence electrons. The van der Waals surface area contributed by atoms with Crippen molar-refractivity contribution in [1.82, 2.24) is 5.32 Å². The monoisotopic (exact) mass is 313 g/mol. The molecule has 1 heterocycles. The lowest BCUT2D eigenvalue weighted by atomic mass is 10.1. The number of unbranched alkanes of at least 4 members (excludes halogenated alkanes) is 1. The number of methoxy groups -OCH3 is 1. The smallest absolute Gasteiger partial charge is 0.263 e. The Morgan fingerprint density at radius 1 is 1.33 bits per heavy atom. The Bertz CT molecular complexity index is 460. The first-order valence-electron chi connectivity index (χ1n) is 7.53. The number of carbonyl (C=O) groups is 1. The van der Waals surface area contributed by atoms with Crippen molar-refractivity contribution in [3.8, 4) is 5.75 Å². The maximum atomic E-state index is 11.8. The number of ether oxygens (including phenoxy) is 1. The van der Waals surface area contributed by atoms with Gasteiger partial charge in [0.05, 0.1) is 7.11 Å². The van der Waals surface area contributed by atoms with E-state index in [2.05, 4.69) is 24.5 Å². The quantitative estimate of drug-likeness (QED) is 0.652. The Hall–Kier alpha value is -1.43. The highest BCUT2D eigenvalue weighted by Crippen LogP contribution is 2.43. The van der Waals surface area contributed by atoms with Crippen LogP contribution in [0.25, 0.3) is 0 Å². The van der Waals surface area contributed by atoms with E-state index in [1.54, 1.807) is 14.2 Å². The summed E-state index contributed by atoms with van der Waals surface area (Å²) >= 11 is 1.36. The third kappa shape index (κ3) is 4.52. The maximum absolute atomic E-state index is 11.8. The standard InChI is InChI=1S/C15H27N3O2S/c1-5-7-9-10(8-6-2)18-15-12(20-4)11(16)13(21-15)14(19)17-3/h10,18H,5-9,16H2,1-4H3,(H,17,19). The first-order chi connectivity index (χ1) is 10.1. The van der Waals surface area contributed by atoms with Gasteiger partial charge in [-0.05, 0) is 12.8 Å². The van der Waals surface area contributed by atoms with E-state index in [0.717, 1.165) is 24.3 Å². The summed E-state index contributed by atoms with van der Waals surface area (Å²) in [4.78, 5) is 12.3.